The van der Waals surface area contributed by atoms with E-state index < -0.39 is 0 Å². The lowest BCUT2D eigenvalue weighted by molar-refractivity contribution is 1.000. The summed E-state index contributed by atoms with van der Waals surface area (Å²) in [5, 5.41) is 0. The minimum absolute atomic E-state index is 0.827. The Labute approximate surface area is 61.9 Å². The van der Waals surface area contributed by atoms with E-state index in [1.807, 2.05) is 24.3 Å². The smallest absolute Gasteiger partial charge is 0.0314 e. The molecule has 0 fully saturated rings. The van der Waals surface area contributed by atoms with Gasteiger partial charge in [-0.1, -0.05) is 19.1 Å². The SMILES string of the molecule is [CH2]CCc1ccc(N)cc1. The average molecular weight is 134 g/mol. The predicted molar refractivity (Wildman–Crippen MR) is 44.5 cm³/mol. The third-order valence-corrected chi connectivity index (χ3v) is 1.45. The molecule has 1 aromatic carbocycles. The molecule has 0 saturated carbocycles. The van der Waals surface area contributed by atoms with Crippen molar-refractivity contribution >= 4 is 5.69 Å². The van der Waals surface area contributed by atoms with E-state index in [0.29, 0.717) is 0 Å². The molecule has 0 heterocycles. The third-order valence-electron chi connectivity index (χ3n) is 1.45. The van der Waals surface area contributed by atoms with Crippen molar-refractivity contribution in [1.29, 1.82) is 0 Å². The molecule has 0 aliphatic carbocycles. The van der Waals surface area contributed by atoms with Gasteiger partial charge in [0.2, 0.25) is 0 Å². The van der Waals surface area contributed by atoms with Gasteiger partial charge in [0, 0.05) is 5.69 Å². The van der Waals surface area contributed by atoms with E-state index in [1.54, 1.807) is 0 Å². The molecule has 0 atom stereocenters. The van der Waals surface area contributed by atoms with Gasteiger partial charge in [-0.15, -0.1) is 0 Å². The maximum absolute atomic E-state index is 5.51. The molecule has 10 heavy (non-hydrogen) atoms. The van der Waals surface area contributed by atoms with Crippen molar-refractivity contribution in [1.82, 2.24) is 0 Å². The summed E-state index contributed by atoms with van der Waals surface area (Å²) in [7, 11) is 0. The molecule has 0 saturated heterocycles. The van der Waals surface area contributed by atoms with Crippen molar-refractivity contribution in [3.63, 3.8) is 0 Å². The summed E-state index contributed by atoms with van der Waals surface area (Å²) in [4.78, 5) is 0. The lowest BCUT2D eigenvalue weighted by atomic mass is 10.1. The van der Waals surface area contributed by atoms with Crippen molar-refractivity contribution in [2.24, 2.45) is 0 Å². The first kappa shape index (κ1) is 7.13. The van der Waals surface area contributed by atoms with Crippen molar-refractivity contribution in [3.05, 3.63) is 36.8 Å². The Balaban J connectivity index is 2.69. The summed E-state index contributed by atoms with van der Waals surface area (Å²) in [6, 6.07) is 7.93. The molecular weight excluding hydrogens is 122 g/mol. The van der Waals surface area contributed by atoms with Gasteiger partial charge >= 0.3 is 0 Å². The standard InChI is InChI=1S/C9H12N/c1-2-3-8-4-6-9(10)7-5-8/h4-7H,1-3,10H2. The lowest BCUT2D eigenvalue weighted by Crippen LogP contribution is -1.86. The van der Waals surface area contributed by atoms with E-state index in [0.717, 1.165) is 18.5 Å². The van der Waals surface area contributed by atoms with Crippen LogP contribution in [-0.2, 0) is 6.42 Å². The van der Waals surface area contributed by atoms with E-state index in [2.05, 4.69) is 6.92 Å². The number of hydrogen-bond acceptors (Lipinski definition) is 1. The fraction of sp³-hybridized carbons (Fsp3) is 0.222. The second kappa shape index (κ2) is 3.25. The summed E-state index contributed by atoms with van der Waals surface area (Å²) in [6.45, 7) is 3.77. The van der Waals surface area contributed by atoms with Gasteiger partial charge in [0.25, 0.3) is 0 Å². The van der Waals surface area contributed by atoms with Gasteiger partial charge in [-0.3, -0.25) is 0 Å². The van der Waals surface area contributed by atoms with Crippen molar-refractivity contribution in [2.45, 2.75) is 12.8 Å². The molecule has 1 aromatic rings. The van der Waals surface area contributed by atoms with Crippen LogP contribution in [0.3, 0.4) is 0 Å². The molecule has 0 bridgehead atoms. The third kappa shape index (κ3) is 1.76. The minimum atomic E-state index is 0.827. The molecule has 0 aliphatic heterocycles. The molecular formula is C9H12N. The molecule has 53 valence electrons. The van der Waals surface area contributed by atoms with Crippen molar-refractivity contribution < 1.29 is 0 Å². The predicted octanol–water partition coefficient (Wildman–Crippen LogP) is 2.04. The Morgan fingerprint density at radius 1 is 1.20 bits per heavy atom. The average Bonchev–Trinajstić information content (AvgIpc) is 1.95. The Morgan fingerprint density at radius 3 is 2.30 bits per heavy atom. The van der Waals surface area contributed by atoms with E-state index in [1.165, 1.54) is 5.56 Å². The second-order valence-electron chi connectivity index (χ2n) is 2.35. The summed E-state index contributed by atoms with van der Waals surface area (Å²) in [5.41, 5.74) is 7.64. The molecule has 0 aromatic heterocycles. The summed E-state index contributed by atoms with van der Waals surface area (Å²) in [5.74, 6) is 0. The fourth-order valence-electron chi connectivity index (χ4n) is 0.888. The van der Waals surface area contributed by atoms with E-state index in [9.17, 15) is 0 Å². The zero-order valence-electron chi connectivity index (χ0n) is 6.01. The Morgan fingerprint density at radius 2 is 1.80 bits per heavy atom. The first-order chi connectivity index (χ1) is 4.83. The van der Waals surface area contributed by atoms with Crippen LogP contribution >= 0.6 is 0 Å². The number of nitrogens with two attached hydrogens (primary N) is 1. The zero-order chi connectivity index (χ0) is 7.40. The van der Waals surface area contributed by atoms with Crippen LogP contribution in [0, 0.1) is 6.92 Å². The summed E-state index contributed by atoms with van der Waals surface area (Å²) < 4.78 is 0. The maximum Gasteiger partial charge on any atom is 0.0314 e. The quantitative estimate of drug-likeness (QED) is 0.615. The van der Waals surface area contributed by atoms with E-state index in [4.69, 9.17) is 5.73 Å². The van der Waals surface area contributed by atoms with Gasteiger partial charge < -0.3 is 5.73 Å². The topological polar surface area (TPSA) is 26.0 Å². The molecule has 1 heteroatoms. The number of hydrogen-bond donors (Lipinski definition) is 1. The number of anilines is 1. The number of aryl methyl sites for hydroxylation is 1. The first-order valence-corrected chi connectivity index (χ1v) is 3.46. The number of nitrogen functional groups attached to an aromatic ring is 1. The molecule has 0 unspecified atom stereocenters. The van der Waals surface area contributed by atoms with Crippen LogP contribution in [0.25, 0.3) is 0 Å². The first-order valence-electron chi connectivity index (χ1n) is 3.46. The largest absolute Gasteiger partial charge is 0.399 e. The van der Waals surface area contributed by atoms with E-state index >= 15 is 0 Å². The van der Waals surface area contributed by atoms with Gasteiger partial charge in [-0.25, -0.2) is 0 Å². The van der Waals surface area contributed by atoms with Crippen LogP contribution in [0.15, 0.2) is 24.3 Å². The molecule has 1 radical (unpaired) electrons. The van der Waals surface area contributed by atoms with Gasteiger partial charge in [0.1, 0.15) is 0 Å². The highest BCUT2D eigenvalue weighted by Crippen LogP contribution is 2.06. The minimum Gasteiger partial charge on any atom is -0.399 e. The highest BCUT2D eigenvalue weighted by molar-refractivity contribution is 5.39. The Bertz CT molecular complexity index is 188. The second-order valence-corrected chi connectivity index (χ2v) is 2.35. The van der Waals surface area contributed by atoms with Crippen LogP contribution in [0.4, 0.5) is 5.69 Å². The molecule has 1 rings (SSSR count). The van der Waals surface area contributed by atoms with Crippen LogP contribution in [0.2, 0.25) is 0 Å². The normalized spacial score (nSPS) is 9.70. The van der Waals surface area contributed by atoms with Gasteiger partial charge in [-0.05, 0) is 30.5 Å². The molecule has 1 nitrogen and oxygen atoms in total. The van der Waals surface area contributed by atoms with Gasteiger partial charge in [0.05, 0.1) is 0 Å². The van der Waals surface area contributed by atoms with Crippen LogP contribution in [0.5, 0.6) is 0 Å². The number of rotatable bonds is 2. The van der Waals surface area contributed by atoms with Gasteiger partial charge in [-0.2, -0.15) is 0 Å². The molecule has 0 amide bonds. The zero-order valence-corrected chi connectivity index (χ0v) is 6.01. The van der Waals surface area contributed by atoms with Crippen LogP contribution in [0.1, 0.15) is 12.0 Å². The Kier molecular flexibility index (Phi) is 2.32. The number of benzene rings is 1. The van der Waals surface area contributed by atoms with Crippen molar-refractivity contribution in [3.8, 4) is 0 Å². The fourth-order valence-corrected chi connectivity index (χ4v) is 0.888. The van der Waals surface area contributed by atoms with Gasteiger partial charge in [0.15, 0.2) is 0 Å². The highest BCUT2D eigenvalue weighted by Gasteiger charge is 1.88. The highest BCUT2D eigenvalue weighted by atomic mass is 14.5. The van der Waals surface area contributed by atoms with Crippen LogP contribution < -0.4 is 5.73 Å². The maximum atomic E-state index is 5.51. The van der Waals surface area contributed by atoms with E-state index in [-0.39, 0.29) is 0 Å². The lowest BCUT2D eigenvalue weighted by Gasteiger charge is -1.97. The summed E-state index contributed by atoms with van der Waals surface area (Å²) >= 11 is 0. The summed E-state index contributed by atoms with van der Waals surface area (Å²) in [6.07, 6.45) is 1.99. The van der Waals surface area contributed by atoms with Crippen LogP contribution in [-0.4, -0.2) is 0 Å². The molecule has 0 aliphatic rings. The monoisotopic (exact) mass is 134 g/mol. The molecule has 0 spiro atoms. The van der Waals surface area contributed by atoms with Crippen molar-refractivity contribution in [2.75, 3.05) is 5.73 Å². The molecule has 2 N–H and O–H groups in total. The Hall–Kier alpha value is -0.980.